The first-order chi connectivity index (χ1) is 14.9. The van der Waals surface area contributed by atoms with Gasteiger partial charge in [0.2, 0.25) is 5.95 Å². The van der Waals surface area contributed by atoms with Crippen LogP contribution in [0.4, 0.5) is 11.8 Å². The minimum absolute atomic E-state index is 0.0358. The summed E-state index contributed by atoms with van der Waals surface area (Å²) >= 11 is 7.85. The van der Waals surface area contributed by atoms with Gasteiger partial charge in [0, 0.05) is 48.6 Å². The van der Waals surface area contributed by atoms with Crippen molar-refractivity contribution in [2.45, 2.75) is 47.4 Å². The lowest BCUT2D eigenvalue weighted by molar-refractivity contribution is 0.131. The second-order valence-electron chi connectivity index (χ2n) is 8.85. The third kappa shape index (κ3) is 3.71. The van der Waals surface area contributed by atoms with Crippen molar-refractivity contribution in [1.82, 2.24) is 14.5 Å². The molecule has 2 saturated heterocycles. The van der Waals surface area contributed by atoms with Gasteiger partial charge in [0.05, 0.1) is 23.9 Å². The average molecular weight is 463 g/mol. The molecule has 4 heterocycles. The molecule has 0 amide bonds. The first kappa shape index (κ1) is 21.1. The molecule has 0 bridgehead atoms. The standard InChI is InChI=1S/C21H27ClN6O2S/c1-27-19(29)17(31-13-4-7-25-16(15(13)22)12-2-3-12)18(24)26-20(27)28-8-5-21(6-9-28)11-30-10-14(21)23/h4,7,12,14H,2-3,5-6,8-11,23-24H2,1H3/t14-/m1/s1. The average Bonchev–Trinajstić information content (AvgIpc) is 3.55. The number of hydrogen-bond donors (Lipinski definition) is 2. The smallest absolute Gasteiger partial charge is 0.270 e. The molecule has 1 atom stereocenters. The van der Waals surface area contributed by atoms with Crippen molar-refractivity contribution in [2.24, 2.45) is 18.2 Å². The van der Waals surface area contributed by atoms with Crippen molar-refractivity contribution in [3.8, 4) is 0 Å². The Hall–Kier alpha value is -1.81. The molecule has 3 fully saturated rings. The van der Waals surface area contributed by atoms with Gasteiger partial charge in [0.25, 0.3) is 5.56 Å². The highest BCUT2D eigenvalue weighted by Gasteiger charge is 2.44. The quantitative estimate of drug-likeness (QED) is 0.712. The van der Waals surface area contributed by atoms with E-state index in [-0.39, 0.29) is 22.8 Å². The predicted molar refractivity (Wildman–Crippen MR) is 122 cm³/mol. The number of hydrogen-bond acceptors (Lipinski definition) is 8. The first-order valence-electron chi connectivity index (χ1n) is 10.7. The Balaban J connectivity index is 1.39. The molecule has 4 N–H and O–H groups in total. The van der Waals surface area contributed by atoms with Crippen LogP contribution in [-0.2, 0) is 11.8 Å². The normalized spacial score (nSPS) is 22.9. The fourth-order valence-electron chi connectivity index (χ4n) is 4.58. The molecule has 1 aliphatic carbocycles. The highest BCUT2D eigenvalue weighted by Crippen LogP contribution is 2.45. The van der Waals surface area contributed by atoms with Crippen molar-refractivity contribution in [3.63, 3.8) is 0 Å². The van der Waals surface area contributed by atoms with Crippen LogP contribution < -0.4 is 21.9 Å². The van der Waals surface area contributed by atoms with Gasteiger partial charge in [0.1, 0.15) is 10.7 Å². The maximum atomic E-state index is 13.2. The van der Waals surface area contributed by atoms with Crippen LogP contribution in [0.2, 0.25) is 5.02 Å². The number of pyridine rings is 1. The monoisotopic (exact) mass is 462 g/mol. The summed E-state index contributed by atoms with van der Waals surface area (Å²) in [5.74, 6) is 1.24. The molecule has 0 aromatic carbocycles. The van der Waals surface area contributed by atoms with Crippen LogP contribution in [-0.4, -0.2) is 46.9 Å². The van der Waals surface area contributed by atoms with E-state index in [0.29, 0.717) is 35.0 Å². The van der Waals surface area contributed by atoms with Crippen LogP contribution >= 0.6 is 23.4 Å². The largest absolute Gasteiger partial charge is 0.382 e. The van der Waals surface area contributed by atoms with Crippen LogP contribution in [0, 0.1) is 5.41 Å². The Bertz CT molecular complexity index is 1060. The van der Waals surface area contributed by atoms with Gasteiger partial charge < -0.3 is 21.1 Å². The molecule has 5 rings (SSSR count). The minimum Gasteiger partial charge on any atom is -0.382 e. The molecule has 166 valence electrons. The second-order valence-corrected chi connectivity index (χ2v) is 10.3. The Morgan fingerprint density at radius 2 is 2.06 bits per heavy atom. The Morgan fingerprint density at radius 1 is 1.32 bits per heavy atom. The predicted octanol–water partition coefficient (Wildman–Crippen LogP) is 2.38. The van der Waals surface area contributed by atoms with Gasteiger partial charge in [-0.25, -0.2) is 0 Å². The summed E-state index contributed by atoms with van der Waals surface area (Å²) in [5.41, 5.74) is 13.3. The third-order valence-electron chi connectivity index (χ3n) is 6.82. The second kappa shape index (κ2) is 7.95. The zero-order valence-corrected chi connectivity index (χ0v) is 19.1. The fraction of sp³-hybridized carbons (Fsp3) is 0.571. The van der Waals surface area contributed by atoms with Crippen molar-refractivity contribution < 1.29 is 4.74 Å². The van der Waals surface area contributed by atoms with E-state index in [1.165, 1.54) is 11.8 Å². The molecule has 0 unspecified atom stereocenters. The van der Waals surface area contributed by atoms with E-state index in [2.05, 4.69) is 14.9 Å². The van der Waals surface area contributed by atoms with Gasteiger partial charge in [-0.3, -0.25) is 14.3 Å². The van der Waals surface area contributed by atoms with Gasteiger partial charge in [-0.1, -0.05) is 23.4 Å². The zero-order valence-electron chi connectivity index (χ0n) is 17.5. The number of halogens is 1. The summed E-state index contributed by atoms with van der Waals surface area (Å²) in [7, 11) is 1.74. The molecular formula is C21H27ClN6O2S. The first-order valence-corrected chi connectivity index (χ1v) is 11.9. The van der Waals surface area contributed by atoms with Crippen molar-refractivity contribution in [3.05, 3.63) is 33.3 Å². The summed E-state index contributed by atoms with van der Waals surface area (Å²) in [6.07, 6.45) is 5.78. The SMILES string of the molecule is Cn1c(N2CCC3(CC2)COC[C@H]3N)nc(N)c(Sc2ccnc(C3CC3)c2Cl)c1=O. The lowest BCUT2D eigenvalue weighted by Gasteiger charge is -2.41. The minimum atomic E-state index is -0.172. The summed E-state index contributed by atoms with van der Waals surface area (Å²) in [4.78, 5) is 25.5. The van der Waals surface area contributed by atoms with Gasteiger partial charge in [-0.15, -0.1) is 0 Å². The Kier molecular flexibility index (Phi) is 5.40. The van der Waals surface area contributed by atoms with Crippen molar-refractivity contribution in [2.75, 3.05) is 36.9 Å². The highest BCUT2D eigenvalue weighted by atomic mass is 35.5. The lowest BCUT2D eigenvalue weighted by Crippen LogP contribution is -2.50. The van der Waals surface area contributed by atoms with E-state index in [4.69, 9.17) is 27.8 Å². The number of ether oxygens (including phenoxy) is 1. The van der Waals surface area contributed by atoms with Crippen molar-refractivity contribution >= 4 is 35.1 Å². The van der Waals surface area contributed by atoms with Gasteiger partial charge >= 0.3 is 0 Å². The van der Waals surface area contributed by atoms with E-state index < -0.39 is 0 Å². The van der Waals surface area contributed by atoms with Gasteiger partial charge in [-0.05, 0) is 31.7 Å². The zero-order chi connectivity index (χ0) is 21.8. The fourth-order valence-corrected chi connectivity index (χ4v) is 5.88. The molecule has 3 aliphatic rings. The summed E-state index contributed by atoms with van der Waals surface area (Å²) in [6, 6.07) is 1.89. The Labute approximate surface area is 190 Å². The molecule has 31 heavy (non-hydrogen) atoms. The summed E-state index contributed by atoms with van der Waals surface area (Å²) in [6.45, 7) is 2.87. The molecule has 2 aromatic rings. The van der Waals surface area contributed by atoms with E-state index >= 15 is 0 Å². The van der Waals surface area contributed by atoms with Gasteiger partial charge in [-0.2, -0.15) is 4.98 Å². The molecule has 0 radical (unpaired) electrons. The molecule has 10 heteroatoms. The molecule has 2 aliphatic heterocycles. The summed E-state index contributed by atoms with van der Waals surface area (Å²) in [5, 5.41) is 0.608. The maximum absolute atomic E-state index is 13.2. The van der Waals surface area contributed by atoms with Gasteiger partial charge in [0.15, 0.2) is 0 Å². The van der Waals surface area contributed by atoms with Crippen LogP contribution in [0.1, 0.15) is 37.3 Å². The summed E-state index contributed by atoms with van der Waals surface area (Å²) < 4.78 is 7.19. The van der Waals surface area contributed by atoms with Crippen LogP contribution in [0.3, 0.4) is 0 Å². The number of nitrogens with zero attached hydrogens (tertiary/aromatic N) is 4. The number of piperidine rings is 1. The maximum Gasteiger partial charge on any atom is 0.270 e. The molecule has 2 aromatic heterocycles. The van der Waals surface area contributed by atoms with E-state index in [9.17, 15) is 4.79 Å². The number of rotatable bonds is 4. The van der Waals surface area contributed by atoms with Crippen molar-refractivity contribution in [1.29, 1.82) is 0 Å². The highest BCUT2D eigenvalue weighted by molar-refractivity contribution is 7.99. The van der Waals surface area contributed by atoms with E-state index in [1.807, 2.05) is 6.07 Å². The van der Waals surface area contributed by atoms with E-state index in [1.54, 1.807) is 17.8 Å². The topological polar surface area (TPSA) is 112 Å². The number of aromatic nitrogens is 3. The van der Waals surface area contributed by atoms with Crippen LogP contribution in [0.25, 0.3) is 0 Å². The lowest BCUT2D eigenvalue weighted by atomic mass is 9.75. The van der Waals surface area contributed by atoms with Crippen LogP contribution in [0.15, 0.2) is 26.8 Å². The number of nitrogens with two attached hydrogens (primary N) is 2. The number of nitrogen functional groups attached to an aromatic ring is 1. The van der Waals surface area contributed by atoms with Crippen LogP contribution in [0.5, 0.6) is 0 Å². The molecular weight excluding hydrogens is 436 g/mol. The molecule has 8 nitrogen and oxygen atoms in total. The number of anilines is 2. The molecule has 1 saturated carbocycles. The Morgan fingerprint density at radius 3 is 2.71 bits per heavy atom. The third-order valence-corrected chi connectivity index (χ3v) is 8.48. The van der Waals surface area contributed by atoms with E-state index in [0.717, 1.165) is 49.4 Å². The molecule has 1 spiro atoms.